The summed E-state index contributed by atoms with van der Waals surface area (Å²) in [7, 11) is 1.48. The Labute approximate surface area is 124 Å². The zero-order valence-electron chi connectivity index (χ0n) is 12.2. The summed E-state index contributed by atoms with van der Waals surface area (Å²) in [4.78, 5) is 27.9. The van der Waals surface area contributed by atoms with Crippen molar-refractivity contribution in [3.8, 4) is 0 Å². The molecular formula is C15H21N3O3. The monoisotopic (exact) mass is 291 g/mol. The van der Waals surface area contributed by atoms with Crippen molar-refractivity contribution in [3.63, 3.8) is 0 Å². The molecule has 1 aliphatic heterocycles. The SMILES string of the molecule is COC(CN)C(=O)N1CCN(C(=O)c2ccccc2)CC1. The first-order valence-corrected chi connectivity index (χ1v) is 7.03. The number of benzene rings is 1. The van der Waals surface area contributed by atoms with Gasteiger partial charge in [-0.1, -0.05) is 18.2 Å². The number of amides is 2. The second kappa shape index (κ2) is 7.19. The van der Waals surface area contributed by atoms with Gasteiger partial charge in [-0.3, -0.25) is 9.59 Å². The van der Waals surface area contributed by atoms with Crippen molar-refractivity contribution in [3.05, 3.63) is 35.9 Å². The van der Waals surface area contributed by atoms with Crippen LogP contribution in [-0.4, -0.2) is 67.6 Å². The van der Waals surface area contributed by atoms with Gasteiger partial charge in [0.1, 0.15) is 6.10 Å². The molecule has 1 aliphatic rings. The van der Waals surface area contributed by atoms with Crippen molar-refractivity contribution in [1.29, 1.82) is 0 Å². The van der Waals surface area contributed by atoms with Gasteiger partial charge in [-0.2, -0.15) is 0 Å². The number of rotatable bonds is 4. The third-order valence-corrected chi connectivity index (χ3v) is 3.67. The molecule has 1 heterocycles. The standard InChI is InChI=1S/C15H21N3O3/c1-21-13(11-16)15(20)18-9-7-17(8-10-18)14(19)12-5-3-2-4-6-12/h2-6,13H,7-11,16H2,1H3. The zero-order valence-corrected chi connectivity index (χ0v) is 12.2. The largest absolute Gasteiger partial charge is 0.370 e. The Morgan fingerprint density at radius 2 is 1.71 bits per heavy atom. The number of nitrogens with zero attached hydrogens (tertiary/aromatic N) is 2. The van der Waals surface area contributed by atoms with E-state index in [2.05, 4.69) is 0 Å². The van der Waals surface area contributed by atoms with Gasteiger partial charge in [0.05, 0.1) is 0 Å². The van der Waals surface area contributed by atoms with Gasteiger partial charge in [0, 0.05) is 45.4 Å². The van der Waals surface area contributed by atoms with E-state index < -0.39 is 6.10 Å². The number of carbonyl (C=O) groups is 2. The molecule has 1 saturated heterocycles. The second-order valence-corrected chi connectivity index (χ2v) is 4.94. The summed E-state index contributed by atoms with van der Waals surface area (Å²) in [5, 5.41) is 0. The van der Waals surface area contributed by atoms with E-state index in [4.69, 9.17) is 10.5 Å². The lowest BCUT2D eigenvalue weighted by Gasteiger charge is -2.36. The normalized spacial score (nSPS) is 16.7. The molecule has 0 saturated carbocycles. The van der Waals surface area contributed by atoms with E-state index in [0.717, 1.165) is 0 Å². The highest BCUT2D eigenvalue weighted by Crippen LogP contribution is 2.10. The third-order valence-electron chi connectivity index (χ3n) is 3.67. The molecule has 2 N–H and O–H groups in total. The molecule has 21 heavy (non-hydrogen) atoms. The van der Waals surface area contributed by atoms with Crippen molar-refractivity contribution in [1.82, 2.24) is 9.80 Å². The molecule has 0 bridgehead atoms. The summed E-state index contributed by atoms with van der Waals surface area (Å²) in [5.41, 5.74) is 6.18. The van der Waals surface area contributed by atoms with Gasteiger partial charge in [-0.15, -0.1) is 0 Å². The fourth-order valence-corrected chi connectivity index (χ4v) is 2.39. The molecule has 1 aromatic rings. The lowest BCUT2D eigenvalue weighted by atomic mass is 10.1. The Balaban J connectivity index is 1.91. The molecular weight excluding hydrogens is 270 g/mol. The molecule has 6 nitrogen and oxygen atoms in total. The van der Waals surface area contributed by atoms with Crippen LogP contribution in [0.2, 0.25) is 0 Å². The summed E-state index contributed by atoms with van der Waals surface area (Å²) in [6.07, 6.45) is -0.596. The molecule has 1 aromatic carbocycles. The average molecular weight is 291 g/mol. The Bertz CT molecular complexity index is 480. The highest BCUT2D eigenvalue weighted by atomic mass is 16.5. The highest BCUT2D eigenvalue weighted by Gasteiger charge is 2.28. The first-order valence-electron chi connectivity index (χ1n) is 7.03. The molecule has 0 spiro atoms. The number of carbonyl (C=O) groups excluding carboxylic acids is 2. The molecule has 1 atom stereocenters. The van der Waals surface area contributed by atoms with Crippen LogP contribution in [0.5, 0.6) is 0 Å². The van der Waals surface area contributed by atoms with E-state index in [9.17, 15) is 9.59 Å². The van der Waals surface area contributed by atoms with E-state index >= 15 is 0 Å². The van der Waals surface area contributed by atoms with Crippen LogP contribution in [0.25, 0.3) is 0 Å². The van der Waals surface area contributed by atoms with Crippen LogP contribution in [0.15, 0.2) is 30.3 Å². The topological polar surface area (TPSA) is 75.9 Å². The fourth-order valence-electron chi connectivity index (χ4n) is 2.39. The van der Waals surface area contributed by atoms with Gasteiger partial charge in [-0.05, 0) is 12.1 Å². The van der Waals surface area contributed by atoms with Crippen molar-refractivity contribution >= 4 is 11.8 Å². The average Bonchev–Trinajstić information content (AvgIpc) is 2.56. The van der Waals surface area contributed by atoms with Crippen LogP contribution in [0.1, 0.15) is 10.4 Å². The van der Waals surface area contributed by atoms with Gasteiger partial charge in [0.15, 0.2) is 0 Å². The van der Waals surface area contributed by atoms with Crippen LogP contribution in [0, 0.1) is 0 Å². The quantitative estimate of drug-likeness (QED) is 0.843. The molecule has 0 aliphatic carbocycles. The van der Waals surface area contributed by atoms with E-state index in [1.807, 2.05) is 18.2 Å². The second-order valence-electron chi connectivity index (χ2n) is 4.94. The fraction of sp³-hybridized carbons (Fsp3) is 0.467. The number of nitrogens with two attached hydrogens (primary N) is 1. The maximum Gasteiger partial charge on any atom is 0.253 e. The van der Waals surface area contributed by atoms with Gasteiger partial charge < -0.3 is 20.3 Å². The molecule has 2 rings (SSSR count). The van der Waals surface area contributed by atoms with Gasteiger partial charge >= 0.3 is 0 Å². The number of piperazine rings is 1. The van der Waals surface area contributed by atoms with Gasteiger partial charge in [0.2, 0.25) is 0 Å². The summed E-state index contributed by atoms with van der Waals surface area (Å²) in [6.45, 7) is 2.24. The van der Waals surface area contributed by atoms with E-state index in [0.29, 0.717) is 31.7 Å². The first kappa shape index (κ1) is 15.5. The molecule has 0 radical (unpaired) electrons. The van der Waals surface area contributed by atoms with Crippen LogP contribution < -0.4 is 5.73 Å². The Hall–Kier alpha value is -1.92. The van der Waals surface area contributed by atoms with Crippen LogP contribution in [-0.2, 0) is 9.53 Å². The van der Waals surface area contributed by atoms with Crippen LogP contribution >= 0.6 is 0 Å². The minimum absolute atomic E-state index is 0.00446. The molecule has 114 valence electrons. The molecule has 2 amide bonds. The third kappa shape index (κ3) is 3.59. The molecule has 6 heteroatoms. The zero-order chi connectivity index (χ0) is 15.2. The number of ether oxygens (including phenoxy) is 1. The van der Waals surface area contributed by atoms with E-state index in [1.165, 1.54) is 7.11 Å². The summed E-state index contributed by atoms with van der Waals surface area (Å²) in [5.74, 6) is -0.100. The summed E-state index contributed by atoms with van der Waals surface area (Å²) in [6, 6.07) is 9.17. The van der Waals surface area contributed by atoms with Gasteiger partial charge in [0.25, 0.3) is 11.8 Å². The maximum atomic E-state index is 12.3. The van der Waals surface area contributed by atoms with Crippen molar-refractivity contribution in [2.45, 2.75) is 6.10 Å². The van der Waals surface area contributed by atoms with Crippen molar-refractivity contribution < 1.29 is 14.3 Å². The van der Waals surface area contributed by atoms with Crippen molar-refractivity contribution in [2.75, 3.05) is 39.8 Å². The maximum absolute atomic E-state index is 12.3. The molecule has 0 aromatic heterocycles. The molecule has 1 fully saturated rings. The smallest absolute Gasteiger partial charge is 0.253 e. The summed E-state index contributed by atoms with van der Waals surface area (Å²) < 4.78 is 5.06. The minimum Gasteiger partial charge on any atom is -0.370 e. The predicted molar refractivity (Wildman–Crippen MR) is 78.8 cm³/mol. The van der Waals surface area contributed by atoms with Gasteiger partial charge in [-0.25, -0.2) is 0 Å². The van der Waals surface area contributed by atoms with E-state index in [1.54, 1.807) is 21.9 Å². The Morgan fingerprint density at radius 1 is 1.14 bits per heavy atom. The van der Waals surface area contributed by atoms with Crippen LogP contribution in [0.4, 0.5) is 0 Å². The Kier molecular flexibility index (Phi) is 5.30. The van der Waals surface area contributed by atoms with Crippen molar-refractivity contribution in [2.24, 2.45) is 5.73 Å². The lowest BCUT2D eigenvalue weighted by molar-refractivity contribution is -0.142. The minimum atomic E-state index is -0.596. The van der Waals surface area contributed by atoms with Crippen LogP contribution in [0.3, 0.4) is 0 Å². The number of hydrogen-bond acceptors (Lipinski definition) is 4. The number of methoxy groups -OCH3 is 1. The highest BCUT2D eigenvalue weighted by molar-refractivity contribution is 5.94. The Morgan fingerprint density at radius 3 is 2.24 bits per heavy atom. The first-order chi connectivity index (χ1) is 10.2. The van der Waals surface area contributed by atoms with E-state index in [-0.39, 0.29) is 18.4 Å². The predicted octanol–water partition coefficient (Wildman–Crippen LogP) is -0.0553. The lowest BCUT2D eigenvalue weighted by Crippen LogP contribution is -2.54. The summed E-state index contributed by atoms with van der Waals surface area (Å²) >= 11 is 0. The number of hydrogen-bond donors (Lipinski definition) is 1. The molecule has 1 unspecified atom stereocenters.